The molecule has 1 N–H and O–H groups in total. The minimum Gasteiger partial charge on any atom is -0.494 e. The molecule has 92 valence electrons. The molecule has 1 aromatic carbocycles. The summed E-state index contributed by atoms with van der Waals surface area (Å²) in [6.45, 7) is 6.10. The fraction of sp³-hybridized carbons (Fsp3) is 0.385. The predicted molar refractivity (Wildman–Crippen MR) is 64.9 cm³/mol. The molecule has 0 heterocycles. The van der Waals surface area contributed by atoms with Crippen molar-refractivity contribution in [1.82, 2.24) is 5.32 Å². The highest BCUT2D eigenvalue weighted by molar-refractivity contribution is 6.35. The SMILES string of the molecule is CCOc1ccc(CNC(=O)C(C)=O)cc1C. The Morgan fingerprint density at radius 3 is 2.59 bits per heavy atom. The average Bonchev–Trinajstić information content (AvgIpc) is 2.29. The lowest BCUT2D eigenvalue weighted by Crippen LogP contribution is -2.28. The number of amides is 1. The molecule has 0 aliphatic heterocycles. The lowest BCUT2D eigenvalue weighted by Gasteiger charge is -2.09. The molecular formula is C13H17NO3. The Hall–Kier alpha value is -1.84. The molecule has 1 rings (SSSR count). The number of ether oxygens (including phenoxy) is 1. The number of carbonyl (C=O) groups excluding carboxylic acids is 2. The van der Waals surface area contributed by atoms with Crippen LogP contribution in [0.25, 0.3) is 0 Å². The third kappa shape index (κ3) is 3.90. The first-order chi connectivity index (χ1) is 8.04. The van der Waals surface area contributed by atoms with Crippen molar-refractivity contribution in [2.45, 2.75) is 27.3 Å². The fourth-order valence-corrected chi connectivity index (χ4v) is 1.45. The van der Waals surface area contributed by atoms with Gasteiger partial charge in [0, 0.05) is 13.5 Å². The fourth-order valence-electron chi connectivity index (χ4n) is 1.45. The van der Waals surface area contributed by atoms with Gasteiger partial charge in [-0.1, -0.05) is 12.1 Å². The van der Waals surface area contributed by atoms with Crippen LogP contribution >= 0.6 is 0 Å². The van der Waals surface area contributed by atoms with Gasteiger partial charge in [0.05, 0.1) is 6.61 Å². The van der Waals surface area contributed by atoms with Crippen molar-refractivity contribution in [2.75, 3.05) is 6.61 Å². The summed E-state index contributed by atoms with van der Waals surface area (Å²) < 4.78 is 5.41. The van der Waals surface area contributed by atoms with Crippen LogP contribution < -0.4 is 10.1 Å². The number of aryl methyl sites for hydroxylation is 1. The molecule has 0 atom stereocenters. The van der Waals surface area contributed by atoms with Gasteiger partial charge in [-0.05, 0) is 31.0 Å². The van der Waals surface area contributed by atoms with E-state index in [0.717, 1.165) is 16.9 Å². The van der Waals surface area contributed by atoms with Gasteiger partial charge in [-0.2, -0.15) is 0 Å². The van der Waals surface area contributed by atoms with Crippen molar-refractivity contribution in [3.63, 3.8) is 0 Å². The Kier molecular flexibility index (Phi) is 4.69. The summed E-state index contributed by atoms with van der Waals surface area (Å²) in [6, 6.07) is 5.68. The Labute approximate surface area is 101 Å². The molecule has 1 amide bonds. The van der Waals surface area contributed by atoms with Crippen molar-refractivity contribution in [3.05, 3.63) is 29.3 Å². The van der Waals surface area contributed by atoms with E-state index < -0.39 is 11.7 Å². The number of ketones is 1. The van der Waals surface area contributed by atoms with Crippen LogP contribution in [0.5, 0.6) is 5.75 Å². The molecular weight excluding hydrogens is 218 g/mol. The largest absolute Gasteiger partial charge is 0.494 e. The molecule has 0 saturated carbocycles. The van der Waals surface area contributed by atoms with E-state index in [1.54, 1.807) is 0 Å². The van der Waals surface area contributed by atoms with Crippen LogP contribution in [0.15, 0.2) is 18.2 Å². The smallest absolute Gasteiger partial charge is 0.287 e. The molecule has 0 bridgehead atoms. The molecule has 0 aliphatic carbocycles. The van der Waals surface area contributed by atoms with Crippen LogP contribution in [0.4, 0.5) is 0 Å². The van der Waals surface area contributed by atoms with Crippen molar-refractivity contribution in [3.8, 4) is 5.75 Å². The maximum Gasteiger partial charge on any atom is 0.287 e. The van der Waals surface area contributed by atoms with Crippen molar-refractivity contribution >= 4 is 11.7 Å². The summed E-state index contributed by atoms with van der Waals surface area (Å²) in [7, 11) is 0. The molecule has 17 heavy (non-hydrogen) atoms. The van der Waals surface area contributed by atoms with Crippen LogP contribution in [-0.2, 0) is 16.1 Å². The van der Waals surface area contributed by atoms with E-state index in [9.17, 15) is 9.59 Å². The first kappa shape index (κ1) is 13.2. The van der Waals surface area contributed by atoms with E-state index in [1.807, 2.05) is 32.0 Å². The minimum atomic E-state index is -0.559. The Balaban J connectivity index is 2.64. The number of carbonyl (C=O) groups is 2. The lowest BCUT2D eigenvalue weighted by molar-refractivity contribution is -0.136. The summed E-state index contributed by atoms with van der Waals surface area (Å²) >= 11 is 0. The second-order valence-corrected chi connectivity index (χ2v) is 3.77. The zero-order chi connectivity index (χ0) is 12.8. The maximum absolute atomic E-state index is 11.1. The van der Waals surface area contributed by atoms with E-state index >= 15 is 0 Å². The van der Waals surface area contributed by atoms with Crippen LogP contribution in [0.3, 0.4) is 0 Å². The molecule has 4 nitrogen and oxygen atoms in total. The van der Waals surface area contributed by atoms with E-state index in [0.29, 0.717) is 13.2 Å². The quantitative estimate of drug-likeness (QED) is 0.789. The Morgan fingerprint density at radius 1 is 1.35 bits per heavy atom. The second kappa shape index (κ2) is 6.03. The summed E-state index contributed by atoms with van der Waals surface area (Å²) in [6.07, 6.45) is 0. The third-order valence-electron chi connectivity index (χ3n) is 2.31. The highest BCUT2D eigenvalue weighted by Gasteiger charge is 2.07. The summed E-state index contributed by atoms with van der Waals surface area (Å²) in [5.41, 5.74) is 1.96. The van der Waals surface area contributed by atoms with Gasteiger partial charge in [-0.3, -0.25) is 9.59 Å². The first-order valence-electron chi connectivity index (χ1n) is 5.55. The molecule has 0 spiro atoms. The standard InChI is InChI=1S/C13H17NO3/c1-4-17-12-6-5-11(7-9(12)2)8-14-13(16)10(3)15/h5-7H,4,8H2,1-3H3,(H,14,16). The molecule has 1 aromatic rings. The van der Waals surface area contributed by atoms with Crippen LogP contribution in [0.1, 0.15) is 25.0 Å². The molecule has 0 aromatic heterocycles. The lowest BCUT2D eigenvalue weighted by atomic mass is 10.1. The van der Waals surface area contributed by atoms with Gasteiger partial charge in [0.1, 0.15) is 5.75 Å². The van der Waals surface area contributed by atoms with Crippen LogP contribution in [-0.4, -0.2) is 18.3 Å². The number of hydrogen-bond donors (Lipinski definition) is 1. The van der Waals surface area contributed by atoms with Crippen LogP contribution in [0.2, 0.25) is 0 Å². The van der Waals surface area contributed by atoms with Crippen molar-refractivity contribution in [2.24, 2.45) is 0 Å². The van der Waals surface area contributed by atoms with E-state index in [-0.39, 0.29) is 0 Å². The molecule has 0 saturated heterocycles. The number of rotatable bonds is 5. The first-order valence-corrected chi connectivity index (χ1v) is 5.55. The van der Waals surface area contributed by atoms with Gasteiger partial charge in [-0.25, -0.2) is 0 Å². The number of hydrogen-bond acceptors (Lipinski definition) is 3. The summed E-state index contributed by atoms with van der Waals surface area (Å²) in [5.74, 6) is -0.196. The van der Waals surface area contributed by atoms with Crippen molar-refractivity contribution in [1.29, 1.82) is 0 Å². The van der Waals surface area contributed by atoms with Gasteiger partial charge in [0.25, 0.3) is 5.91 Å². The molecule has 0 radical (unpaired) electrons. The average molecular weight is 235 g/mol. The second-order valence-electron chi connectivity index (χ2n) is 3.77. The zero-order valence-corrected chi connectivity index (χ0v) is 10.4. The molecule has 0 fully saturated rings. The highest BCUT2D eigenvalue weighted by Crippen LogP contribution is 2.18. The van der Waals surface area contributed by atoms with E-state index in [4.69, 9.17) is 4.74 Å². The molecule has 4 heteroatoms. The zero-order valence-electron chi connectivity index (χ0n) is 10.4. The normalized spacial score (nSPS) is 9.82. The van der Waals surface area contributed by atoms with E-state index in [2.05, 4.69) is 5.32 Å². The third-order valence-corrected chi connectivity index (χ3v) is 2.31. The van der Waals surface area contributed by atoms with Gasteiger partial charge in [0.15, 0.2) is 0 Å². The topological polar surface area (TPSA) is 55.4 Å². The van der Waals surface area contributed by atoms with Crippen LogP contribution in [0, 0.1) is 6.92 Å². The monoisotopic (exact) mass is 235 g/mol. The summed E-state index contributed by atoms with van der Waals surface area (Å²) in [4.78, 5) is 21.8. The number of nitrogens with one attached hydrogen (secondary N) is 1. The van der Waals surface area contributed by atoms with Crippen molar-refractivity contribution < 1.29 is 14.3 Å². The van der Waals surface area contributed by atoms with Gasteiger partial charge in [0.2, 0.25) is 5.78 Å². The van der Waals surface area contributed by atoms with Gasteiger partial charge in [-0.15, -0.1) is 0 Å². The highest BCUT2D eigenvalue weighted by atomic mass is 16.5. The Bertz CT molecular complexity index is 427. The molecule has 0 unspecified atom stereocenters. The van der Waals surface area contributed by atoms with Gasteiger partial charge < -0.3 is 10.1 Å². The number of benzene rings is 1. The number of Topliss-reactive ketones (excluding diaryl/α,β-unsaturated/α-hetero) is 1. The maximum atomic E-state index is 11.1. The minimum absolute atomic E-state index is 0.353. The molecule has 0 aliphatic rings. The summed E-state index contributed by atoms with van der Waals surface area (Å²) in [5, 5.41) is 2.55. The van der Waals surface area contributed by atoms with Gasteiger partial charge >= 0.3 is 0 Å². The van der Waals surface area contributed by atoms with E-state index in [1.165, 1.54) is 6.92 Å². The Morgan fingerprint density at radius 2 is 2.06 bits per heavy atom. The predicted octanol–water partition coefficient (Wildman–Crippen LogP) is 1.60.